The van der Waals surface area contributed by atoms with Crippen LogP contribution in [0, 0.1) is 30.6 Å². The highest BCUT2D eigenvalue weighted by molar-refractivity contribution is 6.45. The molecule has 1 aromatic rings. The maximum absolute atomic E-state index is 9.80. The van der Waals surface area contributed by atoms with E-state index in [2.05, 4.69) is 10.5 Å². The summed E-state index contributed by atoms with van der Waals surface area (Å²) < 4.78 is 0. The quantitative estimate of drug-likeness (QED) is 0.271. The minimum Gasteiger partial charge on any atom is -0.505 e. The van der Waals surface area contributed by atoms with Gasteiger partial charge in [0.25, 0.3) is 0 Å². The van der Waals surface area contributed by atoms with Crippen molar-refractivity contribution in [2.75, 3.05) is 5.43 Å². The van der Waals surface area contributed by atoms with E-state index in [0.717, 1.165) is 11.1 Å². The Balaban J connectivity index is 3.02. The lowest BCUT2D eigenvalue weighted by atomic mass is 10.1. The summed E-state index contributed by atoms with van der Waals surface area (Å²) in [6, 6.07) is 5.12. The number of aromatic hydroxyl groups is 1. The maximum atomic E-state index is 9.80. The summed E-state index contributed by atoms with van der Waals surface area (Å²) in [5, 5.41) is 29.2. The van der Waals surface area contributed by atoms with Gasteiger partial charge in [0.2, 0.25) is 5.71 Å². The van der Waals surface area contributed by atoms with Gasteiger partial charge in [0, 0.05) is 0 Å². The van der Waals surface area contributed by atoms with Crippen LogP contribution in [0.2, 0.25) is 0 Å². The molecule has 0 atom stereocenters. The van der Waals surface area contributed by atoms with Crippen molar-refractivity contribution >= 4 is 17.2 Å². The Morgan fingerprint density at radius 3 is 2.71 bits per heavy atom. The predicted molar refractivity (Wildman–Crippen MR) is 66.2 cm³/mol. The summed E-state index contributed by atoms with van der Waals surface area (Å²) in [5.74, 6) is -0.363. The molecule has 0 heterocycles. The van der Waals surface area contributed by atoms with Crippen molar-refractivity contribution in [1.29, 1.82) is 10.7 Å². The number of rotatable bonds is 3. The molecule has 0 spiro atoms. The molecule has 88 valence electrons. The van der Waals surface area contributed by atoms with Crippen LogP contribution in [0.1, 0.15) is 11.1 Å². The molecular weight excluding hydrogens is 218 g/mol. The minimum atomic E-state index is -0.427. The molecule has 0 saturated carbocycles. The second kappa shape index (κ2) is 4.99. The molecule has 1 aromatic carbocycles. The lowest BCUT2D eigenvalue weighted by Crippen LogP contribution is -2.21. The first-order valence-electron chi connectivity index (χ1n) is 4.84. The van der Waals surface area contributed by atoms with Gasteiger partial charge in [-0.1, -0.05) is 6.07 Å². The average Bonchev–Trinajstić information content (AvgIpc) is 2.29. The third-order valence-electron chi connectivity index (χ3n) is 2.35. The SMILES string of the molecule is Cc1ccc(N/N=C(\C#N)C(=N)N)c(O)c1C. The van der Waals surface area contributed by atoms with E-state index in [4.69, 9.17) is 16.4 Å². The van der Waals surface area contributed by atoms with Gasteiger partial charge in [-0.05, 0) is 31.0 Å². The van der Waals surface area contributed by atoms with Crippen LogP contribution < -0.4 is 11.2 Å². The van der Waals surface area contributed by atoms with Crippen LogP contribution in [-0.4, -0.2) is 16.7 Å². The second-order valence-electron chi connectivity index (χ2n) is 3.50. The topological polar surface area (TPSA) is 118 Å². The third kappa shape index (κ3) is 2.72. The van der Waals surface area contributed by atoms with E-state index in [0.29, 0.717) is 5.69 Å². The number of hydrazone groups is 1. The van der Waals surface area contributed by atoms with Gasteiger partial charge in [-0.2, -0.15) is 10.4 Å². The van der Waals surface area contributed by atoms with Crippen LogP contribution in [0.4, 0.5) is 5.69 Å². The standard InChI is InChI=1S/C11H13N5O/c1-6-3-4-8(10(17)7(6)2)15-16-9(5-12)11(13)14/h3-4,15,17H,1-2H3,(H3,13,14)/b16-9+. The fourth-order valence-corrected chi connectivity index (χ4v) is 1.15. The molecule has 0 unspecified atom stereocenters. The van der Waals surface area contributed by atoms with Crippen LogP contribution in [0.3, 0.4) is 0 Å². The molecule has 0 aliphatic rings. The lowest BCUT2D eigenvalue weighted by Gasteiger charge is -2.08. The molecule has 0 amide bonds. The van der Waals surface area contributed by atoms with E-state index in [1.807, 2.05) is 13.0 Å². The van der Waals surface area contributed by atoms with Crippen LogP contribution in [0.5, 0.6) is 5.75 Å². The minimum absolute atomic E-state index is 0.0644. The van der Waals surface area contributed by atoms with Gasteiger partial charge >= 0.3 is 0 Å². The van der Waals surface area contributed by atoms with E-state index >= 15 is 0 Å². The number of nitrogens with one attached hydrogen (secondary N) is 2. The molecule has 0 bridgehead atoms. The number of phenols is 1. The molecule has 17 heavy (non-hydrogen) atoms. The Bertz CT molecular complexity index is 527. The zero-order valence-electron chi connectivity index (χ0n) is 9.57. The van der Waals surface area contributed by atoms with Crippen molar-refractivity contribution < 1.29 is 5.11 Å². The average molecular weight is 231 g/mol. The normalized spacial score (nSPS) is 10.8. The number of hydrogen-bond donors (Lipinski definition) is 4. The van der Waals surface area contributed by atoms with Gasteiger partial charge in [0.15, 0.2) is 5.84 Å². The van der Waals surface area contributed by atoms with E-state index in [-0.39, 0.29) is 11.5 Å². The third-order valence-corrected chi connectivity index (χ3v) is 2.35. The van der Waals surface area contributed by atoms with E-state index in [1.54, 1.807) is 19.1 Å². The summed E-state index contributed by atoms with van der Waals surface area (Å²) >= 11 is 0. The first-order valence-corrected chi connectivity index (χ1v) is 4.84. The molecule has 5 N–H and O–H groups in total. The van der Waals surface area contributed by atoms with Crippen molar-refractivity contribution in [2.24, 2.45) is 10.8 Å². The lowest BCUT2D eigenvalue weighted by molar-refractivity contribution is 0.472. The maximum Gasteiger partial charge on any atom is 0.201 e. The van der Waals surface area contributed by atoms with Crippen molar-refractivity contribution in [3.8, 4) is 11.8 Å². The van der Waals surface area contributed by atoms with Gasteiger partial charge in [-0.15, -0.1) is 0 Å². The van der Waals surface area contributed by atoms with Gasteiger partial charge in [-0.3, -0.25) is 10.8 Å². The van der Waals surface area contributed by atoms with Gasteiger partial charge in [0.05, 0.1) is 5.69 Å². The molecule has 6 heteroatoms. The van der Waals surface area contributed by atoms with E-state index in [9.17, 15) is 5.11 Å². The van der Waals surface area contributed by atoms with Crippen LogP contribution in [0.25, 0.3) is 0 Å². The summed E-state index contributed by atoms with van der Waals surface area (Å²) in [6.45, 7) is 3.65. The molecule has 0 radical (unpaired) electrons. The smallest absolute Gasteiger partial charge is 0.201 e. The van der Waals surface area contributed by atoms with Gasteiger partial charge in [0.1, 0.15) is 11.8 Å². The number of hydrogen-bond acceptors (Lipinski definition) is 5. The number of aryl methyl sites for hydroxylation is 1. The predicted octanol–water partition coefficient (Wildman–Crippen LogP) is 1.24. The molecule has 1 rings (SSSR count). The second-order valence-corrected chi connectivity index (χ2v) is 3.50. The fraction of sp³-hybridized carbons (Fsp3) is 0.182. The van der Waals surface area contributed by atoms with Gasteiger partial charge < -0.3 is 10.8 Å². The zero-order valence-corrected chi connectivity index (χ0v) is 9.57. The van der Waals surface area contributed by atoms with Crippen molar-refractivity contribution in [3.63, 3.8) is 0 Å². The molecule has 6 nitrogen and oxygen atoms in total. The summed E-state index contributed by atoms with van der Waals surface area (Å²) in [6.07, 6.45) is 0. The van der Waals surface area contributed by atoms with E-state index < -0.39 is 5.84 Å². The largest absolute Gasteiger partial charge is 0.505 e. The van der Waals surface area contributed by atoms with Crippen molar-refractivity contribution in [3.05, 3.63) is 23.3 Å². The first kappa shape index (κ1) is 12.5. The molecule has 0 saturated heterocycles. The molecular formula is C11H13N5O. The Hall–Kier alpha value is -2.55. The number of nitrogens with two attached hydrogens (primary N) is 1. The van der Waals surface area contributed by atoms with E-state index in [1.165, 1.54) is 0 Å². The van der Waals surface area contributed by atoms with Gasteiger partial charge in [-0.25, -0.2) is 0 Å². The highest BCUT2D eigenvalue weighted by atomic mass is 16.3. The highest BCUT2D eigenvalue weighted by Crippen LogP contribution is 2.29. The number of phenolic OH excluding ortho intramolecular Hbond substituents is 1. The number of nitrogens with zero attached hydrogens (tertiary/aromatic N) is 2. The fourth-order valence-electron chi connectivity index (χ4n) is 1.15. The van der Waals surface area contributed by atoms with Crippen molar-refractivity contribution in [1.82, 2.24) is 0 Å². The number of anilines is 1. The zero-order chi connectivity index (χ0) is 13.0. The Morgan fingerprint density at radius 1 is 1.53 bits per heavy atom. The van der Waals surface area contributed by atoms with Crippen LogP contribution in [0.15, 0.2) is 17.2 Å². The van der Waals surface area contributed by atoms with Crippen LogP contribution in [-0.2, 0) is 0 Å². The number of amidine groups is 1. The number of benzene rings is 1. The van der Waals surface area contributed by atoms with Crippen LogP contribution >= 0.6 is 0 Å². The Kier molecular flexibility index (Phi) is 3.67. The summed E-state index contributed by atoms with van der Waals surface area (Å²) in [7, 11) is 0. The first-order chi connectivity index (χ1) is 7.97. The highest BCUT2D eigenvalue weighted by Gasteiger charge is 2.07. The monoisotopic (exact) mass is 231 g/mol. The van der Waals surface area contributed by atoms with Crippen molar-refractivity contribution in [2.45, 2.75) is 13.8 Å². The summed E-state index contributed by atoms with van der Waals surface area (Å²) in [5.41, 5.74) is 9.44. The molecule has 0 aliphatic heterocycles. The molecule has 0 fully saturated rings. The molecule has 0 aliphatic carbocycles. The Labute approximate surface area is 98.9 Å². The Morgan fingerprint density at radius 2 is 2.18 bits per heavy atom. The molecule has 0 aromatic heterocycles. The summed E-state index contributed by atoms with van der Waals surface area (Å²) in [4.78, 5) is 0. The number of nitriles is 1.